The molecule has 0 bridgehead atoms. The minimum atomic E-state index is -0.371. The zero-order chi connectivity index (χ0) is 26.5. The largest absolute Gasteiger partial charge is 0.485 e. The highest BCUT2D eigenvalue weighted by atomic mass is 35.5. The average Bonchev–Trinajstić information content (AvgIpc) is 3.41. The Morgan fingerprint density at radius 3 is 2.84 bits per heavy atom. The van der Waals surface area contributed by atoms with Crippen LogP contribution in [0.3, 0.4) is 0 Å². The standard InChI is InChI=1S/C26H31ClN4O4S2/c1-5-31-21(13-35-19-10-8-17(27)12-16(19)4)29-30-26(31)36-14-22(32)28-24-23(25(33)34-6-2)18-9-7-15(3)11-20(18)37-24/h8,10,12,15H,5-7,9,11,13-14H2,1-4H3,(H,28,32). The quantitative estimate of drug-likeness (QED) is 0.241. The number of rotatable bonds is 10. The van der Waals surface area contributed by atoms with Crippen molar-refractivity contribution in [2.75, 3.05) is 17.7 Å². The van der Waals surface area contributed by atoms with Gasteiger partial charge in [-0.1, -0.05) is 30.3 Å². The van der Waals surface area contributed by atoms with Crippen molar-refractivity contribution >= 4 is 51.6 Å². The monoisotopic (exact) mass is 562 g/mol. The average molecular weight is 563 g/mol. The predicted molar refractivity (Wildman–Crippen MR) is 147 cm³/mol. The summed E-state index contributed by atoms with van der Waals surface area (Å²) in [5.41, 5.74) is 2.48. The number of esters is 1. The number of carbonyl (C=O) groups is 2. The number of thioether (sulfide) groups is 1. The first-order valence-electron chi connectivity index (χ1n) is 12.4. The summed E-state index contributed by atoms with van der Waals surface area (Å²) in [6.07, 6.45) is 2.76. The third-order valence-corrected chi connectivity index (χ3v) is 8.55. The van der Waals surface area contributed by atoms with E-state index in [1.165, 1.54) is 23.1 Å². The number of aromatic nitrogens is 3. The van der Waals surface area contributed by atoms with Gasteiger partial charge in [0.15, 0.2) is 11.0 Å². The SMILES string of the molecule is CCOC(=O)c1c(NC(=O)CSc2nnc(COc3ccc(Cl)cc3C)n2CC)sc2c1CCC(C)C2. The molecule has 1 N–H and O–H groups in total. The van der Waals surface area contributed by atoms with Crippen molar-refractivity contribution in [2.45, 2.75) is 65.3 Å². The number of hydrogen-bond donors (Lipinski definition) is 1. The molecule has 0 spiro atoms. The fourth-order valence-electron chi connectivity index (χ4n) is 4.32. The molecule has 4 rings (SSSR count). The Kier molecular flexibility index (Phi) is 9.15. The summed E-state index contributed by atoms with van der Waals surface area (Å²) in [5.74, 6) is 1.52. The Hall–Kier alpha value is -2.56. The number of benzene rings is 1. The third kappa shape index (κ3) is 6.48. The van der Waals surface area contributed by atoms with Crippen LogP contribution in [0.15, 0.2) is 23.4 Å². The number of thiophene rings is 1. The first kappa shape index (κ1) is 27.5. The van der Waals surface area contributed by atoms with Crippen molar-refractivity contribution in [3.05, 3.63) is 50.6 Å². The highest BCUT2D eigenvalue weighted by Gasteiger charge is 2.29. The van der Waals surface area contributed by atoms with E-state index in [1.54, 1.807) is 13.0 Å². The van der Waals surface area contributed by atoms with Crippen LogP contribution in [0.1, 0.15) is 59.4 Å². The van der Waals surface area contributed by atoms with Gasteiger partial charge < -0.3 is 19.4 Å². The topological polar surface area (TPSA) is 95.3 Å². The molecule has 1 aliphatic carbocycles. The fraction of sp³-hybridized carbons (Fsp3) is 0.462. The van der Waals surface area contributed by atoms with Crippen molar-refractivity contribution in [3.8, 4) is 5.75 Å². The van der Waals surface area contributed by atoms with Gasteiger partial charge in [0, 0.05) is 16.4 Å². The van der Waals surface area contributed by atoms with Gasteiger partial charge in [0.05, 0.1) is 17.9 Å². The van der Waals surface area contributed by atoms with Crippen LogP contribution in [0.25, 0.3) is 0 Å². The zero-order valence-corrected chi connectivity index (χ0v) is 23.8. The van der Waals surface area contributed by atoms with Crippen LogP contribution < -0.4 is 10.1 Å². The molecule has 1 atom stereocenters. The molecule has 1 unspecified atom stereocenters. The van der Waals surface area contributed by atoms with E-state index in [4.69, 9.17) is 21.1 Å². The van der Waals surface area contributed by atoms with Gasteiger partial charge in [-0.15, -0.1) is 21.5 Å². The molecule has 0 fully saturated rings. The second-order valence-corrected chi connectivity index (χ2v) is 11.4. The third-order valence-electron chi connectivity index (χ3n) is 6.18. The zero-order valence-electron chi connectivity index (χ0n) is 21.4. The number of nitrogens with zero attached hydrogens (tertiary/aromatic N) is 3. The van der Waals surface area contributed by atoms with E-state index in [0.717, 1.165) is 41.0 Å². The molecule has 1 amide bonds. The summed E-state index contributed by atoms with van der Waals surface area (Å²) in [5, 5.41) is 13.4. The first-order valence-corrected chi connectivity index (χ1v) is 14.5. The summed E-state index contributed by atoms with van der Waals surface area (Å²) in [6, 6.07) is 5.46. The molecule has 3 aromatic rings. The summed E-state index contributed by atoms with van der Waals surface area (Å²) in [6.45, 7) is 9.10. The molecular weight excluding hydrogens is 532 g/mol. The maximum absolute atomic E-state index is 12.9. The smallest absolute Gasteiger partial charge is 0.341 e. The summed E-state index contributed by atoms with van der Waals surface area (Å²) in [4.78, 5) is 26.8. The normalized spacial score (nSPS) is 14.8. The lowest BCUT2D eigenvalue weighted by atomic mass is 9.88. The minimum Gasteiger partial charge on any atom is -0.485 e. The number of carbonyl (C=O) groups excluding carboxylic acids is 2. The van der Waals surface area contributed by atoms with E-state index in [-0.39, 0.29) is 24.2 Å². The molecule has 0 radical (unpaired) electrons. The van der Waals surface area contributed by atoms with Gasteiger partial charge in [-0.25, -0.2) is 4.79 Å². The van der Waals surface area contributed by atoms with Crippen molar-refractivity contribution in [1.29, 1.82) is 0 Å². The number of fused-ring (bicyclic) bond motifs is 1. The van der Waals surface area contributed by atoms with E-state index < -0.39 is 0 Å². The second kappa shape index (κ2) is 12.3. The molecule has 0 saturated heterocycles. The van der Waals surface area contributed by atoms with E-state index in [0.29, 0.717) is 45.6 Å². The van der Waals surface area contributed by atoms with Crippen LogP contribution >= 0.6 is 34.7 Å². The van der Waals surface area contributed by atoms with Crippen LogP contribution in [0.4, 0.5) is 5.00 Å². The summed E-state index contributed by atoms with van der Waals surface area (Å²) < 4.78 is 13.2. The number of nitrogens with one attached hydrogen (secondary N) is 1. The first-order chi connectivity index (χ1) is 17.8. The number of ether oxygens (including phenoxy) is 2. The minimum absolute atomic E-state index is 0.135. The Morgan fingerprint density at radius 1 is 1.30 bits per heavy atom. The molecule has 1 aromatic carbocycles. The van der Waals surface area contributed by atoms with E-state index >= 15 is 0 Å². The molecule has 2 heterocycles. The lowest BCUT2D eigenvalue weighted by molar-refractivity contribution is -0.113. The molecule has 8 nitrogen and oxygen atoms in total. The maximum Gasteiger partial charge on any atom is 0.341 e. The maximum atomic E-state index is 12.9. The summed E-state index contributed by atoms with van der Waals surface area (Å²) in [7, 11) is 0. The molecule has 0 aliphatic heterocycles. The van der Waals surface area contributed by atoms with Crippen LogP contribution in [0, 0.1) is 12.8 Å². The van der Waals surface area contributed by atoms with Crippen LogP contribution in [-0.2, 0) is 35.5 Å². The Balaban J connectivity index is 1.41. The predicted octanol–water partition coefficient (Wildman–Crippen LogP) is 5.93. The highest BCUT2D eigenvalue weighted by Crippen LogP contribution is 2.40. The molecule has 2 aromatic heterocycles. The van der Waals surface area contributed by atoms with Gasteiger partial charge in [0.1, 0.15) is 17.4 Å². The Morgan fingerprint density at radius 2 is 2.11 bits per heavy atom. The molecule has 37 heavy (non-hydrogen) atoms. The highest BCUT2D eigenvalue weighted by molar-refractivity contribution is 7.99. The number of amides is 1. The van der Waals surface area contributed by atoms with Crippen molar-refractivity contribution in [2.24, 2.45) is 5.92 Å². The number of hydrogen-bond acceptors (Lipinski definition) is 8. The lowest BCUT2D eigenvalue weighted by Gasteiger charge is -2.18. The van der Waals surface area contributed by atoms with Gasteiger partial charge in [-0.05, 0) is 75.3 Å². The van der Waals surface area contributed by atoms with Crippen LogP contribution in [0.5, 0.6) is 5.75 Å². The molecule has 1 aliphatic rings. The van der Waals surface area contributed by atoms with Crippen LogP contribution in [-0.4, -0.2) is 39.0 Å². The van der Waals surface area contributed by atoms with E-state index in [2.05, 4.69) is 22.4 Å². The van der Waals surface area contributed by atoms with Gasteiger partial charge in [-0.3, -0.25) is 4.79 Å². The summed E-state index contributed by atoms with van der Waals surface area (Å²) >= 11 is 8.81. The second-order valence-electron chi connectivity index (χ2n) is 8.95. The van der Waals surface area contributed by atoms with Crippen molar-refractivity contribution in [1.82, 2.24) is 14.8 Å². The van der Waals surface area contributed by atoms with Gasteiger partial charge in [0.25, 0.3) is 0 Å². The Bertz CT molecular complexity index is 1290. The number of anilines is 1. The molecular formula is C26H31ClN4O4S2. The van der Waals surface area contributed by atoms with Crippen molar-refractivity contribution < 1.29 is 19.1 Å². The number of halogens is 1. The lowest BCUT2D eigenvalue weighted by Crippen LogP contribution is -2.18. The Labute approximate surface area is 230 Å². The molecule has 11 heteroatoms. The van der Waals surface area contributed by atoms with Gasteiger partial charge in [-0.2, -0.15) is 0 Å². The fourth-order valence-corrected chi connectivity index (χ4v) is 6.78. The molecule has 198 valence electrons. The van der Waals surface area contributed by atoms with Crippen molar-refractivity contribution in [3.63, 3.8) is 0 Å². The van der Waals surface area contributed by atoms with E-state index in [1.807, 2.05) is 30.5 Å². The molecule has 0 saturated carbocycles. The van der Waals surface area contributed by atoms with Gasteiger partial charge in [0.2, 0.25) is 5.91 Å². The van der Waals surface area contributed by atoms with Crippen LogP contribution in [0.2, 0.25) is 5.02 Å². The number of aryl methyl sites for hydroxylation is 1. The van der Waals surface area contributed by atoms with E-state index in [9.17, 15) is 9.59 Å². The van der Waals surface area contributed by atoms with Gasteiger partial charge >= 0.3 is 5.97 Å².